The van der Waals surface area contributed by atoms with Crippen LogP contribution in [-0.4, -0.2) is 16.9 Å². The van der Waals surface area contributed by atoms with Crippen molar-refractivity contribution in [1.29, 1.82) is 0 Å². The molecule has 0 saturated carbocycles. The molecule has 0 radical (unpaired) electrons. The molecule has 7 rings (SSSR count). The van der Waals surface area contributed by atoms with Gasteiger partial charge in [-0.25, -0.2) is 87.8 Å². The lowest BCUT2D eigenvalue weighted by Crippen LogP contribution is -2.81. The molecule has 0 unspecified atom stereocenters. The molecule has 1 heterocycles. The van der Waals surface area contributed by atoms with Crippen LogP contribution >= 0.6 is 0 Å². The van der Waals surface area contributed by atoms with Crippen LogP contribution in [0.1, 0.15) is 27.0 Å². The molecule has 7 aromatic rings. The number of hydrogen-bond donors (Lipinski definition) is 0. The molecular weight excluding hydrogens is 975 g/mol. The van der Waals surface area contributed by atoms with Gasteiger partial charge in [0.15, 0.2) is 76.0 Å². The molecule has 0 amide bonds. The number of hydrogen-bond acceptors (Lipinski definition) is 2. The molecule has 0 fully saturated rings. The average Bonchev–Trinajstić information content (AvgIpc) is 3.32. The molecule has 0 aliphatic heterocycles. The summed E-state index contributed by atoms with van der Waals surface area (Å²) in [6.07, 6.45) is -1.79. The van der Waals surface area contributed by atoms with Gasteiger partial charge in [0.2, 0.25) is 18.0 Å². The zero-order chi connectivity index (χ0) is 51.5. The maximum absolute atomic E-state index is 15.4. The van der Waals surface area contributed by atoms with Crippen LogP contribution in [-0.2, 0) is 6.54 Å². The Morgan fingerprint density at radius 1 is 0.449 bits per heavy atom. The van der Waals surface area contributed by atoms with Crippen LogP contribution in [0.25, 0.3) is 11.3 Å². The Morgan fingerprint density at radius 2 is 0.739 bits per heavy atom. The van der Waals surface area contributed by atoms with Crippen molar-refractivity contribution < 1.29 is 97.2 Å². The molecule has 69 heavy (non-hydrogen) atoms. The summed E-state index contributed by atoms with van der Waals surface area (Å²) in [5.74, 6) is -71.3. The lowest BCUT2D eigenvalue weighted by atomic mass is 9.12. The number of ketones is 1. The van der Waals surface area contributed by atoms with E-state index in [1.165, 1.54) is 16.7 Å². The molecule has 24 heteroatoms. The summed E-state index contributed by atoms with van der Waals surface area (Å²) in [5.41, 5.74) is -7.85. The summed E-state index contributed by atoms with van der Waals surface area (Å²) in [7, 11) is 0. The Morgan fingerprint density at radius 3 is 1.04 bits per heavy atom. The zero-order valence-electron chi connectivity index (χ0n) is 34.4. The number of halogens is 20. The van der Waals surface area contributed by atoms with Gasteiger partial charge in [0.05, 0.1) is 18.0 Å². The van der Waals surface area contributed by atoms with Gasteiger partial charge in [-0.1, -0.05) is 48.0 Å². The summed E-state index contributed by atoms with van der Waals surface area (Å²) < 4.78 is 296. The Balaban J connectivity index is 0.000000273. The van der Waals surface area contributed by atoms with E-state index in [2.05, 4.69) is 37.9 Å². The Hall–Kier alpha value is -7.27. The van der Waals surface area contributed by atoms with Crippen molar-refractivity contribution in [3.63, 3.8) is 0 Å². The van der Waals surface area contributed by atoms with E-state index >= 15 is 35.1 Å². The highest BCUT2D eigenvalue weighted by Crippen LogP contribution is 2.31. The van der Waals surface area contributed by atoms with Crippen molar-refractivity contribution in [2.75, 3.05) is 0 Å². The summed E-state index contributed by atoms with van der Waals surface area (Å²) in [4.78, 5) is 16.9. The Labute approximate surface area is 373 Å². The number of nitrogens with zero attached hydrogens (tertiary/aromatic N) is 2. The van der Waals surface area contributed by atoms with Gasteiger partial charge in [-0.2, -0.15) is 4.57 Å². The molecule has 0 saturated heterocycles. The van der Waals surface area contributed by atoms with Gasteiger partial charge in [0, 0.05) is 5.56 Å². The topological polar surface area (TPSA) is 33.8 Å². The van der Waals surface area contributed by atoms with E-state index < -0.39 is 144 Å². The number of carbonyl (C=O) groups excluding carboxylic acids is 1. The summed E-state index contributed by atoms with van der Waals surface area (Å²) in [6, 6.07) is 13.7. The minimum atomic E-state index is -7.22. The third-order valence-electron chi connectivity index (χ3n) is 10.9. The number of Topliss-reactive ketones (excluding diaryl/α,β-unsaturated/α-hetero) is 1. The molecule has 360 valence electrons. The third-order valence-corrected chi connectivity index (χ3v) is 10.9. The van der Waals surface area contributed by atoms with Crippen LogP contribution in [0, 0.1) is 137 Å². The van der Waals surface area contributed by atoms with E-state index in [4.69, 9.17) is 0 Å². The van der Waals surface area contributed by atoms with Gasteiger partial charge < -0.3 is 0 Å². The van der Waals surface area contributed by atoms with E-state index in [0.717, 1.165) is 16.8 Å². The van der Waals surface area contributed by atoms with Gasteiger partial charge in [0.25, 0.3) is 0 Å². The summed E-state index contributed by atoms with van der Waals surface area (Å²) >= 11 is 0. The minimum Gasteiger partial charge on any atom is -0.287 e. The van der Waals surface area contributed by atoms with E-state index in [9.17, 15) is 57.5 Å². The Bertz CT molecular complexity index is 2850. The predicted molar refractivity (Wildman–Crippen MR) is 204 cm³/mol. The normalized spacial score (nSPS) is 11.5. The molecule has 0 N–H and O–H groups in total. The van der Waals surface area contributed by atoms with Gasteiger partial charge in [-0.05, 0) is 31.9 Å². The van der Waals surface area contributed by atoms with Crippen molar-refractivity contribution in [2.45, 2.75) is 27.3 Å². The summed E-state index contributed by atoms with van der Waals surface area (Å²) in [5, 5.41) is 0. The van der Waals surface area contributed by atoms with Crippen LogP contribution in [0.2, 0.25) is 0 Å². The number of benzene rings is 6. The number of aryl methyl sites for hydroxylation is 3. The fraction of sp³-hybridized carbons (Fsp3) is 0.0889. The van der Waals surface area contributed by atoms with Crippen LogP contribution in [0.5, 0.6) is 0 Å². The molecule has 1 aromatic heterocycles. The number of carbonyl (C=O) groups is 1. The molecule has 0 aliphatic carbocycles. The van der Waals surface area contributed by atoms with Gasteiger partial charge in [-0.3, -0.25) is 9.78 Å². The van der Waals surface area contributed by atoms with Crippen LogP contribution in [0.15, 0.2) is 61.1 Å². The highest BCUT2D eigenvalue weighted by atomic mass is 19.2. The second-order valence-electron chi connectivity index (χ2n) is 15.0. The van der Waals surface area contributed by atoms with E-state index in [-0.39, 0.29) is 5.78 Å². The fourth-order valence-electron chi connectivity index (χ4n) is 8.06. The predicted octanol–water partition coefficient (Wildman–Crippen LogP) is 9.69. The monoisotopic (exact) mass is 996 g/mol. The lowest BCUT2D eigenvalue weighted by molar-refractivity contribution is -0.672. The maximum atomic E-state index is 15.4. The van der Waals surface area contributed by atoms with Crippen molar-refractivity contribution in [2.24, 2.45) is 0 Å². The minimum absolute atomic E-state index is 0.0930. The molecule has 6 aromatic carbocycles. The second-order valence-corrected chi connectivity index (χ2v) is 15.0. The number of aromatic nitrogens is 2. The molecule has 3 nitrogen and oxygen atoms in total. The maximum Gasteiger partial charge on any atom is 0.231 e. The Kier molecular flexibility index (Phi) is 14.1. The lowest BCUT2D eigenvalue weighted by Gasteiger charge is -2.44. The third kappa shape index (κ3) is 8.21. The quantitative estimate of drug-likeness (QED) is 0.0380. The van der Waals surface area contributed by atoms with E-state index in [1.807, 2.05) is 47.3 Å². The van der Waals surface area contributed by atoms with Crippen LogP contribution in [0.3, 0.4) is 0 Å². The smallest absolute Gasteiger partial charge is 0.231 e. The first-order chi connectivity index (χ1) is 32.3. The molecule has 0 aliphatic rings. The highest BCUT2D eigenvalue weighted by molar-refractivity contribution is 7.20. The van der Waals surface area contributed by atoms with Gasteiger partial charge in [-0.15, -0.1) is 21.9 Å². The van der Waals surface area contributed by atoms with Gasteiger partial charge in [0.1, 0.15) is 52.7 Å². The molecule has 0 spiro atoms. The van der Waals surface area contributed by atoms with Crippen molar-refractivity contribution in [3.05, 3.63) is 200 Å². The van der Waals surface area contributed by atoms with E-state index in [0.29, 0.717) is 6.54 Å². The van der Waals surface area contributed by atoms with Crippen LogP contribution in [0.4, 0.5) is 87.8 Å². The molecule has 0 atom stereocenters. The van der Waals surface area contributed by atoms with Crippen molar-refractivity contribution >= 4 is 33.8 Å². The largest absolute Gasteiger partial charge is 0.287 e. The fourth-order valence-corrected chi connectivity index (χ4v) is 8.06. The molecular formula is C45H21BF20N2O. The highest BCUT2D eigenvalue weighted by Gasteiger charge is 2.52. The standard InChI is InChI=1S/C24BF20.C21H21N2O/c26-5-1(6(27)14(35)21(42)13(5)34)25(2-7(28)15(36)22(43)16(37)8(2)29,3-9(30)17(38)23(44)18(39)10(3)31)4-11(32)19(40)24(45)20(41)12(4)33;1-15-11-16(2)21(17(3)12-15)19-13-22-9-10-23(19)14-20(24)18-7-5-4-6-8-18/h;4-13H,14H2,1-3H3/q-1;+1. The van der Waals surface area contributed by atoms with E-state index in [1.54, 1.807) is 6.20 Å². The van der Waals surface area contributed by atoms with Crippen molar-refractivity contribution in [1.82, 2.24) is 4.98 Å². The van der Waals surface area contributed by atoms with Crippen LogP contribution < -0.4 is 26.4 Å². The first kappa shape index (κ1) is 51.1. The zero-order valence-corrected chi connectivity index (χ0v) is 34.4. The van der Waals surface area contributed by atoms with Gasteiger partial charge >= 0.3 is 0 Å². The average molecular weight is 996 g/mol. The summed E-state index contributed by atoms with van der Waals surface area (Å²) in [6.45, 7) is 6.60. The molecule has 0 bridgehead atoms. The van der Waals surface area contributed by atoms with Crippen molar-refractivity contribution in [3.8, 4) is 11.3 Å². The first-order valence-electron chi connectivity index (χ1n) is 19.0. The second kappa shape index (κ2) is 19.0. The first-order valence-corrected chi connectivity index (χ1v) is 19.0. The SMILES string of the molecule is Cc1cc(C)c(-c2cncc[n+]2CC(=O)c2ccccc2)c(C)c1.Fc1c(F)c(F)c([B-](c2c(F)c(F)c(F)c(F)c2F)(c2c(F)c(F)c(F)c(F)c2F)c2c(F)c(F)c(F)c(F)c2F)c(F)c1F. The number of rotatable bonds is 8.